The number of halogens is 2. The summed E-state index contributed by atoms with van der Waals surface area (Å²) in [4.78, 5) is 11.1. The molecule has 3 nitrogen and oxygen atoms in total. The van der Waals surface area contributed by atoms with E-state index in [0.717, 1.165) is 0 Å². The van der Waals surface area contributed by atoms with Crippen molar-refractivity contribution in [2.24, 2.45) is 0 Å². The van der Waals surface area contributed by atoms with E-state index in [0.29, 0.717) is 21.4 Å². The maximum Gasteiger partial charge on any atom is 0.307 e. The van der Waals surface area contributed by atoms with E-state index in [9.17, 15) is 4.79 Å². The van der Waals surface area contributed by atoms with Crippen LogP contribution in [0, 0.1) is 0 Å². The van der Waals surface area contributed by atoms with Crippen LogP contribution in [0.5, 0.6) is 0 Å². The molecule has 0 aliphatic rings. The third-order valence-electron chi connectivity index (χ3n) is 2.39. The van der Waals surface area contributed by atoms with Gasteiger partial charge in [-0.3, -0.25) is 4.79 Å². The first-order chi connectivity index (χ1) is 9.84. The highest BCUT2D eigenvalue weighted by Gasteiger charge is 2.10. The maximum atomic E-state index is 11.1. The second kappa shape index (κ2) is 5.95. The number of hydrogen-bond acceptors (Lipinski definition) is 2. The van der Waals surface area contributed by atoms with Crippen molar-refractivity contribution in [2.75, 3.05) is 5.32 Å². The molecule has 0 fully saturated rings. The van der Waals surface area contributed by atoms with Gasteiger partial charge in [-0.05, 0) is 23.8 Å². The van der Waals surface area contributed by atoms with Gasteiger partial charge in [0, 0.05) is 8.43 Å². The lowest BCUT2D eigenvalue weighted by Crippen LogP contribution is -2.04. The van der Waals surface area contributed by atoms with Crippen LogP contribution in [0.15, 0.2) is 42.5 Å². The van der Waals surface area contributed by atoms with Gasteiger partial charge in [-0.2, -0.15) is 0 Å². The summed E-state index contributed by atoms with van der Waals surface area (Å²) in [7, 11) is 0. The minimum absolute atomic E-state index is 0.00603. The van der Waals surface area contributed by atoms with E-state index in [1.54, 1.807) is 36.4 Å². The van der Waals surface area contributed by atoms with Crippen LogP contribution in [-0.4, -0.2) is 11.1 Å². The maximum absolute atomic E-state index is 11.1. The number of carbonyl (C=O) groups is 1. The summed E-state index contributed by atoms with van der Waals surface area (Å²) in [6.45, 7) is 0. The molecule has 98 valence electrons. The molecule has 2 rings (SSSR count). The van der Waals surface area contributed by atoms with Gasteiger partial charge in [0.1, 0.15) is 0 Å². The van der Waals surface area contributed by atoms with E-state index >= 15 is 0 Å². The summed E-state index contributed by atoms with van der Waals surface area (Å²) >= 11 is 12.1. The van der Waals surface area contributed by atoms with Crippen molar-refractivity contribution in [1.82, 2.24) is 0 Å². The molecule has 0 heterocycles. The Morgan fingerprint density at radius 1 is 1.16 bits per heavy atom. The van der Waals surface area contributed by atoms with Crippen molar-refractivity contribution >= 4 is 40.5 Å². The number of benzene rings is 2. The van der Waals surface area contributed by atoms with Gasteiger partial charge in [0.15, 0.2) is 0 Å². The van der Waals surface area contributed by atoms with Crippen LogP contribution < -0.4 is 5.32 Å². The molecule has 0 aliphatic heterocycles. The van der Waals surface area contributed by atoms with E-state index in [1.165, 1.54) is 6.07 Å². The summed E-state index contributed by atoms with van der Waals surface area (Å²) in [6, 6.07) is 11.1. The Morgan fingerprint density at radius 3 is 2.42 bits per heavy atom. The normalized spacial score (nSPS) is 12.5. The average molecular weight is 298 g/mol. The second-order valence-electron chi connectivity index (χ2n) is 3.70. The second-order valence-corrected chi connectivity index (χ2v) is 4.51. The van der Waals surface area contributed by atoms with E-state index in [4.69, 9.17) is 31.0 Å². The first kappa shape index (κ1) is 11.1. The highest BCUT2D eigenvalue weighted by molar-refractivity contribution is 6.39. The fourth-order valence-electron chi connectivity index (χ4n) is 1.57. The summed E-state index contributed by atoms with van der Waals surface area (Å²) in [5.74, 6) is -1.57. The van der Waals surface area contributed by atoms with Crippen LogP contribution >= 0.6 is 23.2 Å². The van der Waals surface area contributed by atoms with Crippen molar-refractivity contribution < 1.29 is 12.6 Å². The van der Waals surface area contributed by atoms with Crippen LogP contribution in [0.1, 0.15) is 8.30 Å². The number of carboxylic acid groups (broad SMARTS) is 1. The van der Waals surface area contributed by atoms with Crippen LogP contribution in [0.4, 0.5) is 11.4 Å². The number of rotatable bonds is 4. The van der Waals surface area contributed by atoms with Crippen LogP contribution in [-0.2, 0) is 11.2 Å². The number of aliphatic carboxylic acids is 1. The lowest BCUT2D eigenvalue weighted by atomic mass is 10.1. The number of hydrogen-bond donors (Lipinski definition) is 2. The zero-order valence-electron chi connectivity index (χ0n) is 11.7. The third kappa shape index (κ3) is 3.40. The van der Waals surface area contributed by atoms with Gasteiger partial charge in [0.25, 0.3) is 0 Å². The highest BCUT2D eigenvalue weighted by Crippen LogP contribution is 2.33. The Kier molecular flexibility index (Phi) is 3.49. The molecular formula is C14H11Cl2NO2. The molecule has 0 bridgehead atoms. The van der Waals surface area contributed by atoms with Crippen LogP contribution in [0.25, 0.3) is 0 Å². The molecule has 19 heavy (non-hydrogen) atoms. The first-order valence-corrected chi connectivity index (χ1v) is 6.13. The molecule has 2 N–H and O–H groups in total. The minimum Gasteiger partial charge on any atom is -0.481 e. The fourth-order valence-corrected chi connectivity index (χ4v) is 2.06. The quantitative estimate of drug-likeness (QED) is 0.881. The minimum atomic E-state index is -2.53. The Labute approximate surface area is 123 Å². The lowest BCUT2D eigenvalue weighted by molar-refractivity contribution is -0.136. The van der Waals surface area contributed by atoms with Crippen molar-refractivity contribution in [3.05, 3.63) is 58.1 Å². The molecule has 2 aromatic carbocycles. The van der Waals surface area contributed by atoms with Crippen LogP contribution in [0.3, 0.4) is 0 Å². The third-order valence-corrected chi connectivity index (χ3v) is 3.02. The molecule has 0 unspecified atom stereocenters. The Hall–Kier alpha value is -1.71. The number of anilines is 2. The molecule has 0 saturated heterocycles. The molecule has 0 radical (unpaired) electrons. The Balaban J connectivity index is 2.49. The van der Waals surface area contributed by atoms with Crippen molar-refractivity contribution in [3.8, 4) is 0 Å². The standard InChI is InChI=1S/C14H11Cl2NO2/c15-10-5-3-6-11(16)14(10)17-12-7-2-1-4-9(12)8-13(18)19/h1-7,17H,8H2,(H,18,19)/i8D2. The zero-order valence-corrected chi connectivity index (χ0v) is 11.2. The van der Waals surface area contributed by atoms with E-state index in [2.05, 4.69) is 5.32 Å². The molecule has 0 aliphatic carbocycles. The van der Waals surface area contributed by atoms with E-state index < -0.39 is 12.3 Å². The van der Waals surface area contributed by atoms with E-state index in [1.807, 2.05) is 0 Å². The Bertz CT molecular complexity index is 672. The molecular weight excluding hydrogens is 285 g/mol. The summed E-state index contributed by atoms with van der Waals surface area (Å²) in [6.07, 6.45) is -2.53. The smallest absolute Gasteiger partial charge is 0.307 e. The monoisotopic (exact) mass is 297 g/mol. The molecule has 0 atom stereocenters. The van der Waals surface area contributed by atoms with Gasteiger partial charge in [-0.25, -0.2) is 0 Å². The molecule has 0 saturated carbocycles. The predicted octanol–water partition coefficient (Wildman–Crippen LogP) is 4.36. The van der Waals surface area contributed by atoms with Gasteiger partial charge in [0.05, 0.1) is 22.1 Å². The first-order valence-electron chi connectivity index (χ1n) is 6.38. The fraction of sp³-hybridized carbons (Fsp3) is 0.0714. The molecule has 0 amide bonds. The number of nitrogens with one attached hydrogen (secondary N) is 1. The average Bonchev–Trinajstić information content (AvgIpc) is 2.43. The zero-order chi connectivity index (χ0) is 15.6. The van der Waals surface area contributed by atoms with Crippen molar-refractivity contribution in [1.29, 1.82) is 0 Å². The molecule has 0 aromatic heterocycles. The van der Waals surface area contributed by atoms with Crippen LogP contribution in [0.2, 0.25) is 10.0 Å². The van der Waals surface area contributed by atoms with E-state index in [-0.39, 0.29) is 5.56 Å². The van der Waals surface area contributed by atoms with Crippen molar-refractivity contribution in [3.63, 3.8) is 0 Å². The largest absolute Gasteiger partial charge is 0.481 e. The molecule has 5 heteroatoms. The van der Waals surface area contributed by atoms with Gasteiger partial charge in [0.2, 0.25) is 0 Å². The summed E-state index contributed by atoms with van der Waals surface area (Å²) in [5, 5.41) is 12.7. The molecule has 2 aromatic rings. The Morgan fingerprint density at radius 2 is 1.79 bits per heavy atom. The summed E-state index contributed by atoms with van der Waals surface area (Å²) in [5.41, 5.74) is 0.683. The molecule has 0 spiro atoms. The van der Waals surface area contributed by atoms with Crippen molar-refractivity contribution in [2.45, 2.75) is 6.37 Å². The summed E-state index contributed by atoms with van der Waals surface area (Å²) < 4.78 is 15.4. The van der Waals surface area contributed by atoms with Gasteiger partial charge in [-0.15, -0.1) is 0 Å². The SMILES string of the molecule is [2H]C([2H])(C(=O)O)c1ccccc1Nc1c(Cl)cccc1Cl. The number of carboxylic acids is 1. The van der Waals surface area contributed by atoms with Gasteiger partial charge in [-0.1, -0.05) is 47.5 Å². The topological polar surface area (TPSA) is 49.3 Å². The van der Waals surface area contributed by atoms with Gasteiger partial charge < -0.3 is 10.4 Å². The number of para-hydroxylation sites is 2. The lowest BCUT2D eigenvalue weighted by Gasteiger charge is -2.13. The highest BCUT2D eigenvalue weighted by atomic mass is 35.5. The van der Waals surface area contributed by atoms with Gasteiger partial charge >= 0.3 is 5.97 Å². The predicted molar refractivity (Wildman–Crippen MR) is 77.5 cm³/mol.